The molecular formula is C20H13ClF3N3OS. The van der Waals surface area contributed by atoms with Crippen molar-refractivity contribution in [3.63, 3.8) is 0 Å². The van der Waals surface area contributed by atoms with E-state index >= 15 is 0 Å². The summed E-state index contributed by atoms with van der Waals surface area (Å²) in [7, 11) is 0. The van der Waals surface area contributed by atoms with E-state index in [0.717, 1.165) is 39.8 Å². The normalized spacial score (nSPS) is 11.8. The topological polar surface area (TPSA) is 46.9 Å². The van der Waals surface area contributed by atoms with Crippen LogP contribution in [0.3, 0.4) is 0 Å². The molecule has 1 amide bonds. The lowest BCUT2D eigenvalue weighted by Gasteiger charge is -2.11. The summed E-state index contributed by atoms with van der Waals surface area (Å²) in [6.07, 6.45) is -4.53. The Bertz CT molecular complexity index is 1220. The van der Waals surface area contributed by atoms with Gasteiger partial charge in [-0.05, 0) is 43.3 Å². The molecule has 0 atom stereocenters. The highest BCUT2D eigenvalue weighted by molar-refractivity contribution is 7.20. The third kappa shape index (κ3) is 3.73. The highest BCUT2D eigenvalue weighted by atomic mass is 35.5. The van der Waals surface area contributed by atoms with Gasteiger partial charge in [-0.1, -0.05) is 29.8 Å². The maximum Gasteiger partial charge on any atom is 0.416 e. The molecule has 0 radical (unpaired) electrons. The number of aryl methyl sites for hydroxylation is 1. The summed E-state index contributed by atoms with van der Waals surface area (Å²) < 4.78 is 40.6. The molecule has 2 aromatic carbocycles. The standard InChI is InChI=1S/C20H13ClF3N3OS/c1-11-14-10-17(29-19(14)27(26-11)13-5-3-2-4-6-13)18(28)25-16-9-12(20(22,23)24)7-8-15(16)21/h2-10H,1H3,(H,25,28). The van der Waals surface area contributed by atoms with E-state index in [-0.39, 0.29) is 10.7 Å². The number of anilines is 1. The number of para-hydroxylation sites is 1. The first-order valence-electron chi connectivity index (χ1n) is 8.47. The number of hydrogen-bond acceptors (Lipinski definition) is 3. The Kier molecular flexibility index (Phi) is 4.84. The van der Waals surface area contributed by atoms with Crippen LogP contribution in [0.1, 0.15) is 20.9 Å². The second-order valence-electron chi connectivity index (χ2n) is 6.31. The Morgan fingerprint density at radius 2 is 1.86 bits per heavy atom. The number of amides is 1. The molecule has 4 rings (SSSR count). The Morgan fingerprint density at radius 1 is 1.14 bits per heavy atom. The number of benzene rings is 2. The lowest BCUT2D eigenvalue weighted by Crippen LogP contribution is -2.12. The Morgan fingerprint density at radius 3 is 2.55 bits per heavy atom. The van der Waals surface area contributed by atoms with Crippen molar-refractivity contribution in [3.8, 4) is 5.69 Å². The Hall–Kier alpha value is -2.84. The summed E-state index contributed by atoms with van der Waals surface area (Å²) in [5.41, 5.74) is 0.617. The first-order chi connectivity index (χ1) is 13.7. The van der Waals surface area contributed by atoms with Crippen LogP contribution in [0.15, 0.2) is 54.6 Å². The van der Waals surface area contributed by atoms with E-state index in [4.69, 9.17) is 11.6 Å². The van der Waals surface area contributed by atoms with E-state index in [2.05, 4.69) is 10.4 Å². The van der Waals surface area contributed by atoms with Crippen molar-refractivity contribution in [2.45, 2.75) is 13.1 Å². The van der Waals surface area contributed by atoms with Gasteiger partial charge >= 0.3 is 6.18 Å². The lowest BCUT2D eigenvalue weighted by molar-refractivity contribution is -0.137. The minimum absolute atomic E-state index is 0.0269. The number of aromatic nitrogens is 2. The van der Waals surface area contributed by atoms with E-state index in [1.165, 1.54) is 11.3 Å². The molecule has 1 N–H and O–H groups in total. The van der Waals surface area contributed by atoms with Gasteiger partial charge in [0.1, 0.15) is 4.83 Å². The Labute approximate surface area is 172 Å². The molecule has 0 bridgehead atoms. The number of nitrogens with one attached hydrogen (secondary N) is 1. The summed E-state index contributed by atoms with van der Waals surface area (Å²) in [4.78, 5) is 13.8. The number of carbonyl (C=O) groups is 1. The number of thiophene rings is 1. The molecular weight excluding hydrogens is 423 g/mol. The van der Waals surface area contributed by atoms with Gasteiger partial charge in [-0.15, -0.1) is 11.3 Å². The average Bonchev–Trinajstić information content (AvgIpc) is 3.24. The zero-order chi connectivity index (χ0) is 20.8. The van der Waals surface area contributed by atoms with Crippen molar-refractivity contribution in [3.05, 3.63) is 75.8 Å². The molecule has 29 heavy (non-hydrogen) atoms. The van der Waals surface area contributed by atoms with Gasteiger partial charge in [-0.25, -0.2) is 4.68 Å². The van der Waals surface area contributed by atoms with Crippen molar-refractivity contribution >= 4 is 44.7 Å². The summed E-state index contributed by atoms with van der Waals surface area (Å²) in [5.74, 6) is -0.536. The van der Waals surface area contributed by atoms with Crippen LogP contribution in [0, 0.1) is 6.92 Å². The molecule has 2 aromatic heterocycles. The minimum atomic E-state index is -4.53. The van der Waals surface area contributed by atoms with Crippen LogP contribution in [0.5, 0.6) is 0 Å². The van der Waals surface area contributed by atoms with Crippen molar-refractivity contribution < 1.29 is 18.0 Å². The highest BCUT2D eigenvalue weighted by Crippen LogP contribution is 2.35. The summed E-state index contributed by atoms with van der Waals surface area (Å²) in [6.45, 7) is 1.83. The van der Waals surface area contributed by atoms with E-state index in [1.54, 1.807) is 10.7 Å². The second kappa shape index (κ2) is 7.20. The second-order valence-corrected chi connectivity index (χ2v) is 7.75. The SMILES string of the molecule is Cc1nn(-c2ccccc2)c2sc(C(=O)Nc3cc(C(F)(F)F)ccc3Cl)cc12. The fourth-order valence-corrected chi connectivity index (χ4v) is 4.13. The molecule has 0 spiro atoms. The van der Waals surface area contributed by atoms with Gasteiger partial charge in [-0.3, -0.25) is 4.79 Å². The molecule has 148 valence electrons. The molecule has 0 aliphatic heterocycles. The van der Waals surface area contributed by atoms with Crippen LogP contribution in [-0.2, 0) is 6.18 Å². The summed E-state index contributed by atoms with van der Waals surface area (Å²) in [5, 5.41) is 7.82. The van der Waals surface area contributed by atoms with Crippen LogP contribution < -0.4 is 5.32 Å². The maximum atomic E-state index is 12.9. The third-order valence-corrected chi connectivity index (χ3v) is 5.75. The largest absolute Gasteiger partial charge is 0.416 e. The first-order valence-corrected chi connectivity index (χ1v) is 9.66. The van der Waals surface area contributed by atoms with E-state index < -0.39 is 17.6 Å². The van der Waals surface area contributed by atoms with Crippen LogP contribution in [-0.4, -0.2) is 15.7 Å². The smallest absolute Gasteiger partial charge is 0.320 e. The van der Waals surface area contributed by atoms with Crippen molar-refractivity contribution in [2.75, 3.05) is 5.32 Å². The van der Waals surface area contributed by atoms with Crippen LogP contribution in [0.2, 0.25) is 5.02 Å². The van der Waals surface area contributed by atoms with Gasteiger partial charge in [-0.2, -0.15) is 18.3 Å². The van der Waals surface area contributed by atoms with Gasteiger partial charge in [0.15, 0.2) is 0 Å². The predicted molar refractivity (Wildman–Crippen MR) is 108 cm³/mol. The third-order valence-electron chi connectivity index (χ3n) is 4.31. The first kappa shape index (κ1) is 19.5. The molecule has 9 heteroatoms. The van der Waals surface area contributed by atoms with Crippen LogP contribution in [0.25, 0.3) is 15.9 Å². The van der Waals surface area contributed by atoms with Crippen molar-refractivity contribution in [1.29, 1.82) is 0 Å². The number of nitrogens with zero attached hydrogens (tertiary/aromatic N) is 2. The molecule has 0 unspecified atom stereocenters. The fourth-order valence-electron chi connectivity index (χ4n) is 2.88. The van der Waals surface area contributed by atoms with Crippen molar-refractivity contribution in [2.24, 2.45) is 0 Å². The quantitative estimate of drug-likeness (QED) is 0.409. The van der Waals surface area contributed by atoms with E-state index in [1.807, 2.05) is 37.3 Å². The van der Waals surface area contributed by atoms with Gasteiger partial charge in [0.05, 0.1) is 32.5 Å². The molecule has 4 aromatic rings. The number of rotatable bonds is 3. The van der Waals surface area contributed by atoms with Crippen LogP contribution in [0.4, 0.5) is 18.9 Å². The Balaban J connectivity index is 1.69. The zero-order valence-corrected chi connectivity index (χ0v) is 16.5. The molecule has 0 aliphatic carbocycles. The van der Waals surface area contributed by atoms with E-state index in [0.29, 0.717) is 4.88 Å². The number of halogens is 4. The predicted octanol–water partition coefficient (Wildman–Crippen LogP) is 6.32. The van der Waals surface area contributed by atoms with E-state index in [9.17, 15) is 18.0 Å². The number of fused-ring (bicyclic) bond motifs is 1. The summed E-state index contributed by atoms with van der Waals surface area (Å²) in [6, 6.07) is 13.9. The number of alkyl halides is 3. The van der Waals surface area contributed by atoms with Gasteiger partial charge in [0.2, 0.25) is 0 Å². The van der Waals surface area contributed by atoms with Gasteiger partial charge < -0.3 is 5.32 Å². The van der Waals surface area contributed by atoms with Crippen molar-refractivity contribution in [1.82, 2.24) is 9.78 Å². The molecule has 0 fully saturated rings. The van der Waals surface area contributed by atoms with Gasteiger partial charge in [0, 0.05) is 5.39 Å². The minimum Gasteiger partial charge on any atom is -0.320 e. The lowest BCUT2D eigenvalue weighted by atomic mass is 10.2. The number of carbonyl (C=O) groups excluding carboxylic acids is 1. The monoisotopic (exact) mass is 435 g/mol. The average molecular weight is 436 g/mol. The van der Waals surface area contributed by atoms with Gasteiger partial charge in [0.25, 0.3) is 5.91 Å². The molecule has 0 saturated carbocycles. The highest BCUT2D eigenvalue weighted by Gasteiger charge is 2.31. The fraction of sp³-hybridized carbons (Fsp3) is 0.100. The number of hydrogen-bond donors (Lipinski definition) is 1. The molecule has 2 heterocycles. The molecule has 0 saturated heterocycles. The maximum absolute atomic E-state index is 12.9. The molecule has 4 nitrogen and oxygen atoms in total. The van der Waals surface area contributed by atoms with Crippen LogP contribution >= 0.6 is 22.9 Å². The molecule has 0 aliphatic rings. The zero-order valence-electron chi connectivity index (χ0n) is 14.9. The summed E-state index contributed by atoms with van der Waals surface area (Å²) >= 11 is 7.18.